The van der Waals surface area contributed by atoms with E-state index in [1.54, 1.807) is 23.1 Å². The molecular weight excluding hydrogens is 551 g/mol. The van der Waals surface area contributed by atoms with Crippen LogP contribution in [0, 0.1) is 0 Å². The summed E-state index contributed by atoms with van der Waals surface area (Å²) < 4.78 is 63.8. The maximum absolute atomic E-state index is 11.1. The van der Waals surface area contributed by atoms with Crippen LogP contribution in [0.1, 0.15) is 23.3 Å². The molecule has 2 N–H and O–H groups in total. The van der Waals surface area contributed by atoms with E-state index in [1.807, 2.05) is 78.9 Å². The molecule has 0 radical (unpaired) electrons. The summed E-state index contributed by atoms with van der Waals surface area (Å²) in [5.74, 6) is -0.557. The van der Waals surface area contributed by atoms with Crippen LogP contribution >= 0.6 is 23.1 Å². The second-order valence-electron chi connectivity index (χ2n) is 8.44. The van der Waals surface area contributed by atoms with E-state index in [-0.39, 0.29) is 11.5 Å². The highest BCUT2D eigenvalue weighted by Crippen LogP contribution is 2.45. The highest BCUT2D eigenvalue weighted by atomic mass is 32.2. The van der Waals surface area contributed by atoms with Crippen LogP contribution in [0.25, 0.3) is 16.2 Å². The van der Waals surface area contributed by atoms with Gasteiger partial charge in [-0.15, -0.1) is 11.3 Å². The molecule has 1 aliphatic heterocycles. The second kappa shape index (κ2) is 12.0. The van der Waals surface area contributed by atoms with Gasteiger partial charge in [0.05, 0.1) is 22.2 Å². The molecule has 1 aliphatic rings. The fourth-order valence-electron chi connectivity index (χ4n) is 4.10. The Bertz CT molecular complexity index is 1570. The van der Waals surface area contributed by atoms with E-state index in [2.05, 4.69) is 4.90 Å². The van der Waals surface area contributed by atoms with Crippen molar-refractivity contribution in [2.45, 2.75) is 24.2 Å². The van der Waals surface area contributed by atoms with Crippen LogP contribution in [0.15, 0.2) is 82.8 Å². The summed E-state index contributed by atoms with van der Waals surface area (Å²) in [5.41, 5.74) is 2.08. The van der Waals surface area contributed by atoms with Crippen molar-refractivity contribution in [1.29, 1.82) is 0 Å². The van der Waals surface area contributed by atoms with E-state index in [0.29, 0.717) is 25.8 Å². The molecule has 0 unspecified atom stereocenters. The largest absolute Gasteiger partial charge is 0.335 e. The summed E-state index contributed by atoms with van der Waals surface area (Å²) in [7, 11) is -8.00. The standard InChI is InChI=1S/C26H27NO6S4/c28-36(29,30)18-8-11-21-20-10-4-6-14-24(20)34-23(21)13-2-1-3-16-26-27(17-9-19-37(31,32)33)22-12-5-7-15-25(22)35-26/h1-7,10,12-16H,8-9,11,17-19H2,(H,28,29,30)(H,31,32,33)/b3-1+,13-2+,26-16-. The van der Waals surface area contributed by atoms with Gasteiger partial charge >= 0.3 is 0 Å². The third kappa shape index (κ3) is 7.79. The van der Waals surface area contributed by atoms with Crippen LogP contribution in [-0.4, -0.2) is 44.0 Å². The Morgan fingerprint density at radius 3 is 2.32 bits per heavy atom. The van der Waals surface area contributed by atoms with Crippen molar-refractivity contribution in [1.82, 2.24) is 0 Å². The lowest BCUT2D eigenvalue weighted by molar-refractivity contribution is 0.479. The van der Waals surface area contributed by atoms with E-state index in [9.17, 15) is 16.8 Å². The van der Waals surface area contributed by atoms with E-state index < -0.39 is 20.2 Å². The van der Waals surface area contributed by atoms with Gasteiger partial charge in [-0.05, 0) is 60.6 Å². The molecule has 0 saturated heterocycles. The molecule has 3 aromatic rings. The minimum Gasteiger partial charge on any atom is -0.335 e. The molecular formula is C26H27NO6S4. The molecule has 196 valence electrons. The van der Waals surface area contributed by atoms with Gasteiger partial charge in [-0.25, -0.2) is 0 Å². The van der Waals surface area contributed by atoms with Crippen molar-refractivity contribution in [3.63, 3.8) is 0 Å². The van der Waals surface area contributed by atoms with Crippen molar-refractivity contribution in [2.24, 2.45) is 0 Å². The van der Waals surface area contributed by atoms with Crippen LogP contribution in [0.4, 0.5) is 5.69 Å². The van der Waals surface area contributed by atoms with Gasteiger partial charge in [0.25, 0.3) is 20.2 Å². The van der Waals surface area contributed by atoms with E-state index in [0.717, 1.165) is 36.1 Å². The smallest absolute Gasteiger partial charge is 0.264 e. The summed E-state index contributed by atoms with van der Waals surface area (Å²) in [6.45, 7) is 0.466. The zero-order valence-corrected chi connectivity index (χ0v) is 23.1. The molecule has 0 aliphatic carbocycles. The average molecular weight is 578 g/mol. The van der Waals surface area contributed by atoms with Crippen molar-refractivity contribution in [2.75, 3.05) is 23.0 Å². The number of fused-ring (bicyclic) bond motifs is 2. The number of thioether (sulfide) groups is 1. The Morgan fingerprint density at radius 1 is 0.838 bits per heavy atom. The third-order valence-electron chi connectivity index (χ3n) is 5.69. The molecule has 2 heterocycles. The zero-order chi connectivity index (χ0) is 26.5. The summed E-state index contributed by atoms with van der Waals surface area (Å²) in [6.07, 6.45) is 10.9. The lowest BCUT2D eigenvalue weighted by Gasteiger charge is -2.19. The Labute approximate surface area is 225 Å². The van der Waals surface area contributed by atoms with Crippen molar-refractivity contribution in [3.8, 4) is 0 Å². The molecule has 0 atom stereocenters. The monoisotopic (exact) mass is 577 g/mol. The lowest BCUT2D eigenvalue weighted by atomic mass is 10.1. The zero-order valence-electron chi connectivity index (χ0n) is 19.9. The van der Waals surface area contributed by atoms with Crippen LogP contribution in [-0.2, 0) is 26.7 Å². The Morgan fingerprint density at radius 2 is 1.54 bits per heavy atom. The van der Waals surface area contributed by atoms with Crippen LogP contribution in [0.2, 0.25) is 0 Å². The molecule has 1 aromatic heterocycles. The molecule has 0 fully saturated rings. The van der Waals surface area contributed by atoms with E-state index >= 15 is 0 Å². The number of rotatable bonds is 11. The second-order valence-corrected chi connectivity index (χ2v) is 13.7. The van der Waals surface area contributed by atoms with Crippen molar-refractivity contribution >= 4 is 65.2 Å². The van der Waals surface area contributed by atoms with Gasteiger partial charge in [0.1, 0.15) is 0 Å². The maximum Gasteiger partial charge on any atom is 0.264 e. The molecule has 11 heteroatoms. The average Bonchev–Trinajstić information content (AvgIpc) is 3.35. The summed E-state index contributed by atoms with van der Waals surface area (Å²) in [5, 5.41) is 2.06. The van der Waals surface area contributed by atoms with Crippen LogP contribution in [0.3, 0.4) is 0 Å². The molecule has 0 saturated carbocycles. The molecule has 37 heavy (non-hydrogen) atoms. The summed E-state index contributed by atoms with van der Waals surface area (Å²) in [4.78, 5) is 4.19. The topological polar surface area (TPSA) is 112 Å². The molecule has 4 rings (SSSR count). The van der Waals surface area contributed by atoms with Gasteiger partial charge in [0, 0.05) is 21.0 Å². The summed E-state index contributed by atoms with van der Waals surface area (Å²) in [6, 6.07) is 15.9. The highest BCUT2D eigenvalue weighted by Gasteiger charge is 2.24. The Kier molecular flexibility index (Phi) is 8.94. The fraction of sp³-hybridized carbons (Fsp3) is 0.231. The number of allylic oxidation sites excluding steroid dienone is 4. The molecule has 0 bridgehead atoms. The third-order valence-corrected chi connectivity index (χ3v) is 9.61. The van der Waals surface area contributed by atoms with Gasteiger partial charge in [0.15, 0.2) is 0 Å². The number of hydrogen-bond donors (Lipinski definition) is 2. The first kappa shape index (κ1) is 27.6. The molecule has 0 spiro atoms. The maximum atomic E-state index is 11.1. The Balaban J connectivity index is 1.49. The van der Waals surface area contributed by atoms with Gasteiger partial charge in [-0.2, -0.15) is 16.8 Å². The number of benzene rings is 2. The number of thiophene rings is 1. The predicted octanol–water partition coefficient (Wildman–Crippen LogP) is 6.02. The first-order valence-electron chi connectivity index (χ1n) is 11.6. The predicted molar refractivity (Wildman–Crippen MR) is 153 cm³/mol. The minimum absolute atomic E-state index is 0.269. The number of aryl methyl sites for hydroxylation is 1. The first-order valence-corrected chi connectivity index (χ1v) is 16.5. The van der Waals surface area contributed by atoms with Crippen LogP contribution < -0.4 is 4.90 Å². The summed E-state index contributed by atoms with van der Waals surface area (Å²) >= 11 is 3.24. The van der Waals surface area contributed by atoms with Gasteiger partial charge in [-0.1, -0.05) is 60.3 Å². The fourth-order valence-corrected chi connectivity index (χ4v) is 7.37. The Hall–Kier alpha value is -2.41. The number of nitrogens with zero attached hydrogens (tertiary/aromatic N) is 1. The SMILES string of the molecule is O=S(=O)(O)CCCc1c(/C=C/C=C/C=C2\Sc3ccccc3N2CCCS(=O)(=O)O)sc2ccccc12. The number of anilines is 1. The minimum atomic E-state index is -4.01. The number of hydrogen-bond acceptors (Lipinski definition) is 7. The van der Waals surface area contributed by atoms with E-state index in [4.69, 9.17) is 9.11 Å². The highest BCUT2D eigenvalue weighted by molar-refractivity contribution is 8.03. The van der Waals surface area contributed by atoms with Crippen molar-refractivity contribution < 1.29 is 25.9 Å². The molecule has 7 nitrogen and oxygen atoms in total. The quantitative estimate of drug-likeness (QED) is 0.210. The molecule has 2 aromatic carbocycles. The van der Waals surface area contributed by atoms with Crippen LogP contribution in [0.5, 0.6) is 0 Å². The normalized spacial score (nSPS) is 15.5. The molecule has 0 amide bonds. The van der Waals surface area contributed by atoms with E-state index in [1.165, 1.54) is 0 Å². The van der Waals surface area contributed by atoms with Gasteiger partial charge < -0.3 is 4.90 Å². The lowest BCUT2D eigenvalue weighted by Crippen LogP contribution is -2.21. The van der Waals surface area contributed by atoms with Gasteiger partial charge in [0.2, 0.25) is 0 Å². The van der Waals surface area contributed by atoms with Crippen molar-refractivity contribution in [3.05, 3.63) is 88.3 Å². The van der Waals surface area contributed by atoms with Gasteiger partial charge in [-0.3, -0.25) is 9.11 Å². The number of para-hydroxylation sites is 1. The first-order chi connectivity index (χ1) is 17.6.